The van der Waals surface area contributed by atoms with Gasteiger partial charge in [-0.15, -0.1) is 0 Å². The van der Waals surface area contributed by atoms with Crippen molar-refractivity contribution in [2.75, 3.05) is 39.0 Å². The van der Waals surface area contributed by atoms with Gasteiger partial charge in [0, 0.05) is 42.5 Å². The molecule has 1 spiro atoms. The van der Waals surface area contributed by atoms with E-state index in [4.69, 9.17) is 4.74 Å². The first-order valence-corrected chi connectivity index (χ1v) is 12.4. The Bertz CT molecular complexity index is 1170. The minimum absolute atomic E-state index is 0.0993. The van der Waals surface area contributed by atoms with Gasteiger partial charge in [0.05, 0.1) is 10.4 Å². The van der Waals surface area contributed by atoms with E-state index in [9.17, 15) is 8.42 Å². The topological polar surface area (TPSA) is 74.4 Å². The van der Waals surface area contributed by atoms with Crippen molar-refractivity contribution < 1.29 is 13.2 Å². The number of aromatic nitrogens is 1. The molecule has 3 heterocycles. The summed E-state index contributed by atoms with van der Waals surface area (Å²) >= 11 is 0. The Labute approximate surface area is 177 Å². The number of rotatable bonds is 5. The molecule has 1 atom stereocenters. The summed E-state index contributed by atoms with van der Waals surface area (Å²) in [6.07, 6.45) is 3.19. The van der Waals surface area contributed by atoms with Gasteiger partial charge in [0.15, 0.2) is 9.84 Å². The number of para-hydroxylation sites is 1. The monoisotopic (exact) mass is 425 g/mol. The van der Waals surface area contributed by atoms with E-state index in [2.05, 4.69) is 15.2 Å². The number of ether oxygens (including phenoxy) is 1. The zero-order chi connectivity index (χ0) is 20.8. The van der Waals surface area contributed by atoms with Crippen LogP contribution in [0.4, 0.5) is 0 Å². The zero-order valence-electron chi connectivity index (χ0n) is 17.1. The average molecular weight is 426 g/mol. The second-order valence-corrected chi connectivity index (χ2v) is 10.3. The van der Waals surface area contributed by atoms with E-state index in [1.807, 2.05) is 42.5 Å². The first kappa shape index (κ1) is 19.6. The summed E-state index contributed by atoms with van der Waals surface area (Å²) in [5.74, 6) is 0.896. The molecule has 0 amide bonds. The van der Waals surface area contributed by atoms with Gasteiger partial charge < -0.3 is 15.0 Å². The fourth-order valence-corrected chi connectivity index (χ4v) is 5.66. The summed E-state index contributed by atoms with van der Waals surface area (Å²) in [4.78, 5) is 6.56. The van der Waals surface area contributed by atoms with Gasteiger partial charge in [-0.1, -0.05) is 18.2 Å². The summed E-state index contributed by atoms with van der Waals surface area (Å²) in [5, 5.41) is 4.58. The third kappa shape index (κ3) is 3.31. The normalized spacial score (nSPS) is 21.9. The number of aromatic amines is 1. The summed E-state index contributed by atoms with van der Waals surface area (Å²) in [7, 11) is -3.23. The number of hydrogen-bond donors (Lipinski definition) is 2. The quantitative estimate of drug-likeness (QED) is 0.658. The molecule has 1 aromatic heterocycles. The first-order chi connectivity index (χ1) is 14.5. The molecule has 5 rings (SSSR count). The summed E-state index contributed by atoms with van der Waals surface area (Å²) < 4.78 is 30.1. The molecule has 0 unspecified atom stereocenters. The Balaban J connectivity index is 1.47. The summed E-state index contributed by atoms with van der Waals surface area (Å²) in [6, 6.07) is 15.4. The van der Waals surface area contributed by atoms with Crippen molar-refractivity contribution in [2.45, 2.75) is 23.3 Å². The lowest BCUT2D eigenvalue weighted by molar-refractivity contribution is 0.0706. The van der Waals surface area contributed by atoms with Crippen molar-refractivity contribution in [3.8, 4) is 5.75 Å². The van der Waals surface area contributed by atoms with E-state index in [-0.39, 0.29) is 5.54 Å². The SMILES string of the molecule is CS(=O)(=O)c1ccc2[nH]c3c(c2c1)CCN(CCOc1ccccc1)[C@@]31CCNC1. The number of nitrogens with one attached hydrogen (secondary N) is 2. The van der Waals surface area contributed by atoms with Gasteiger partial charge in [-0.25, -0.2) is 8.42 Å². The van der Waals surface area contributed by atoms with Crippen LogP contribution in [-0.4, -0.2) is 57.3 Å². The minimum atomic E-state index is -3.23. The van der Waals surface area contributed by atoms with Crippen LogP contribution in [0.25, 0.3) is 10.9 Å². The molecule has 1 saturated heterocycles. The lowest BCUT2D eigenvalue weighted by Crippen LogP contribution is -2.53. The standard InChI is InChI=1S/C23H27N3O3S/c1-30(27,28)18-7-8-21-20(15-18)19-9-12-26(13-14-29-17-5-3-2-4-6-17)23(22(19)25-21)10-11-24-16-23/h2-8,15,24-25H,9-14,16H2,1H3/t23-/m1/s1. The van der Waals surface area contributed by atoms with E-state index >= 15 is 0 Å². The number of nitrogens with zero attached hydrogens (tertiary/aromatic N) is 1. The Kier molecular flexibility index (Phi) is 4.84. The Morgan fingerprint density at radius 2 is 2.00 bits per heavy atom. The van der Waals surface area contributed by atoms with Crippen molar-refractivity contribution in [3.05, 3.63) is 59.8 Å². The molecule has 2 aliphatic heterocycles. The molecule has 158 valence electrons. The fraction of sp³-hybridized carbons (Fsp3) is 0.391. The maximum Gasteiger partial charge on any atom is 0.175 e. The maximum atomic E-state index is 12.1. The van der Waals surface area contributed by atoms with Crippen LogP contribution < -0.4 is 10.1 Å². The summed E-state index contributed by atoms with van der Waals surface area (Å²) in [6.45, 7) is 4.28. The van der Waals surface area contributed by atoms with Crippen LogP contribution in [0.5, 0.6) is 5.75 Å². The van der Waals surface area contributed by atoms with Crippen LogP contribution in [0.2, 0.25) is 0 Å². The minimum Gasteiger partial charge on any atom is -0.492 e. The highest BCUT2D eigenvalue weighted by molar-refractivity contribution is 7.90. The predicted molar refractivity (Wildman–Crippen MR) is 118 cm³/mol. The number of fused-ring (bicyclic) bond motifs is 4. The van der Waals surface area contributed by atoms with E-state index in [0.29, 0.717) is 11.5 Å². The van der Waals surface area contributed by atoms with Gasteiger partial charge in [0.25, 0.3) is 0 Å². The molecule has 3 aromatic rings. The molecule has 0 bridgehead atoms. The van der Waals surface area contributed by atoms with Gasteiger partial charge in [0.1, 0.15) is 12.4 Å². The highest BCUT2D eigenvalue weighted by Crippen LogP contribution is 2.42. The molecule has 0 radical (unpaired) electrons. The highest BCUT2D eigenvalue weighted by Gasteiger charge is 2.46. The molecule has 30 heavy (non-hydrogen) atoms. The van der Waals surface area contributed by atoms with Crippen molar-refractivity contribution in [1.29, 1.82) is 0 Å². The molecule has 6 nitrogen and oxygen atoms in total. The van der Waals surface area contributed by atoms with Gasteiger partial charge in [-0.2, -0.15) is 0 Å². The van der Waals surface area contributed by atoms with E-state index in [1.54, 1.807) is 6.07 Å². The largest absolute Gasteiger partial charge is 0.492 e. The van der Waals surface area contributed by atoms with Crippen molar-refractivity contribution in [3.63, 3.8) is 0 Å². The fourth-order valence-electron chi connectivity index (χ4n) is 5.01. The molecule has 7 heteroatoms. The average Bonchev–Trinajstić information content (AvgIpc) is 3.36. The van der Waals surface area contributed by atoms with Crippen LogP contribution in [0.1, 0.15) is 17.7 Å². The zero-order valence-corrected chi connectivity index (χ0v) is 18.0. The van der Waals surface area contributed by atoms with Crippen LogP contribution in [-0.2, 0) is 21.8 Å². The van der Waals surface area contributed by atoms with Gasteiger partial charge in [0.2, 0.25) is 0 Å². The molecule has 2 N–H and O–H groups in total. The number of H-pyrrole nitrogens is 1. The Hall–Kier alpha value is -2.35. The number of benzene rings is 2. The molecule has 2 aliphatic rings. The lowest BCUT2D eigenvalue weighted by Gasteiger charge is -2.44. The van der Waals surface area contributed by atoms with Crippen molar-refractivity contribution in [1.82, 2.24) is 15.2 Å². The smallest absolute Gasteiger partial charge is 0.175 e. The maximum absolute atomic E-state index is 12.1. The second kappa shape index (κ2) is 7.41. The van der Waals surface area contributed by atoms with E-state index < -0.39 is 9.84 Å². The van der Waals surface area contributed by atoms with E-state index in [1.165, 1.54) is 17.5 Å². The number of sulfone groups is 1. The molecule has 2 aromatic carbocycles. The third-order valence-corrected chi connectivity index (χ3v) is 7.62. The number of hydrogen-bond acceptors (Lipinski definition) is 5. The molecule has 0 aliphatic carbocycles. The first-order valence-electron chi connectivity index (χ1n) is 10.5. The van der Waals surface area contributed by atoms with E-state index in [0.717, 1.165) is 55.7 Å². The predicted octanol–water partition coefficient (Wildman–Crippen LogP) is 2.70. The second-order valence-electron chi connectivity index (χ2n) is 8.32. The lowest BCUT2D eigenvalue weighted by atomic mass is 9.84. The van der Waals surface area contributed by atoms with Crippen LogP contribution >= 0.6 is 0 Å². The molecular formula is C23H27N3O3S. The van der Waals surface area contributed by atoms with Crippen molar-refractivity contribution in [2.24, 2.45) is 0 Å². The van der Waals surface area contributed by atoms with Crippen molar-refractivity contribution >= 4 is 20.7 Å². The van der Waals surface area contributed by atoms with Gasteiger partial charge in [-0.05, 0) is 55.3 Å². The van der Waals surface area contributed by atoms with Crippen LogP contribution in [0.3, 0.4) is 0 Å². The molecule has 1 fully saturated rings. The molecule has 0 saturated carbocycles. The Morgan fingerprint density at radius 3 is 2.73 bits per heavy atom. The highest BCUT2D eigenvalue weighted by atomic mass is 32.2. The van der Waals surface area contributed by atoms with Gasteiger partial charge in [-0.3, -0.25) is 4.90 Å². The molecular weight excluding hydrogens is 398 g/mol. The third-order valence-electron chi connectivity index (χ3n) is 6.51. The van der Waals surface area contributed by atoms with Crippen LogP contribution in [0, 0.1) is 0 Å². The van der Waals surface area contributed by atoms with Gasteiger partial charge >= 0.3 is 0 Å². The summed E-state index contributed by atoms with van der Waals surface area (Å²) in [5.41, 5.74) is 3.41. The Morgan fingerprint density at radius 1 is 1.17 bits per heavy atom. The van der Waals surface area contributed by atoms with Crippen LogP contribution in [0.15, 0.2) is 53.4 Å².